The van der Waals surface area contributed by atoms with E-state index < -0.39 is 10.0 Å². The molecule has 1 atom stereocenters. The minimum absolute atomic E-state index is 0.325. The van der Waals surface area contributed by atoms with Gasteiger partial charge in [-0.1, -0.05) is 5.92 Å². The zero-order valence-corrected chi connectivity index (χ0v) is 7.76. The van der Waals surface area contributed by atoms with Crippen molar-refractivity contribution in [3.8, 4) is 12.3 Å². The van der Waals surface area contributed by atoms with Gasteiger partial charge >= 0.3 is 0 Å². The van der Waals surface area contributed by atoms with Gasteiger partial charge in [-0.25, -0.2) is 8.42 Å². The van der Waals surface area contributed by atoms with Gasteiger partial charge in [0.1, 0.15) is 0 Å². The lowest BCUT2D eigenvalue weighted by Crippen LogP contribution is -2.52. The van der Waals surface area contributed by atoms with Crippen LogP contribution in [0.2, 0.25) is 0 Å². The van der Waals surface area contributed by atoms with Gasteiger partial charge in [-0.15, -0.1) is 6.42 Å². The van der Waals surface area contributed by atoms with Crippen LogP contribution in [0.15, 0.2) is 0 Å². The normalized spacial score (nSPS) is 26.5. The third-order valence-corrected chi connectivity index (χ3v) is 3.10. The largest absolute Gasteiger partial charge is 0.313 e. The van der Waals surface area contributed by atoms with Crippen LogP contribution in [-0.2, 0) is 10.0 Å². The SMILES string of the molecule is C#C[C@@H]1CNCCN1S(C)(=O)=O. The molecule has 0 aromatic rings. The van der Waals surface area contributed by atoms with E-state index in [1.54, 1.807) is 0 Å². The standard InChI is InChI=1S/C7H12N2O2S/c1-3-7-6-8-4-5-9(7)12(2,10)11/h1,7-8H,4-6H2,2H3/t7-/m1/s1. The topological polar surface area (TPSA) is 49.4 Å². The van der Waals surface area contributed by atoms with Crippen molar-refractivity contribution >= 4 is 10.0 Å². The van der Waals surface area contributed by atoms with Crippen LogP contribution in [-0.4, -0.2) is 44.7 Å². The summed E-state index contributed by atoms with van der Waals surface area (Å²) in [5.41, 5.74) is 0. The molecule has 0 saturated carbocycles. The van der Waals surface area contributed by atoms with Gasteiger partial charge in [-0.3, -0.25) is 0 Å². The van der Waals surface area contributed by atoms with Crippen molar-refractivity contribution in [1.29, 1.82) is 0 Å². The lowest BCUT2D eigenvalue weighted by molar-refractivity contribution is 0.316. The molecule has 1 aliphatic rings. The highest BCUT2D eigenvalue weighted by atomic mass is 32.2. The summed E-state index contributed by atoms with van der Waals surface area (Å²) in [6.07, 6.45) is 6.38. The molecule has 0 radical (unpaired) electrons. The Kier molecular flexibility index (Phi) is 2.73. The maximum absolute atomic E-state index is 11.2. The van der Waals surface area contributed by atoms with Crippen molar-refractivity contribution in [3.63, 3.8) is 0 Å². The number of sulfonamides is 1. The van der Waals surface area contributed by atoms with Crippen LogP contribution >= 0.6 is 0 Å². The molecule has 0 amide bonds. The van der Waals surface area contributed by atoms with Crippen LogP contribution in [0.1, 0.15) is 0 Å². The Morgan fingerprint density at radius 2 is 2.33 bits per heavy atom. The number of nitrogens with zero attached hydrogens (tertiary/aromatic N) is 1. The van der Waals surface area contributed by atoms with Gasteiger partial charge in [-0.05, 0) is 0 Å². The van der Waals surface area contributed by atoms with E-state index >= 15 is 0 Å². The Morgan fingerprint density at radius 3 is 2.75 bits per heavy atom. The Morgan fingerprint density at radius 1 is 1.67 bits per heavy atom. The molecule has 1 rings (SSSR count). The van der Waals surface area contributed by atoms with Crippen LogP contribution in [0.3, 0.4) is 0 Å². The fourth-order valence-corrected chi connectivity index (χ4v) is 2.25. The summed E-state index contributed by atoms with van der Waals surface area (Å²) in [5, 5.41) is 3.04. The van der Waals surface area contributed by atoms with E-state index in [4.69, 9.17) is 6.42 Å². The first kappa shape index (κ1) is 9.52. The molecular formula is C7H12N2O2S. The number of terminal acetylenes is 1. The van der Waals surface area contributed by atoms with Crippen molar-refractivity contribution in [2.24, 2.45) is 0 Å². The van der Waals surface area contributed by atoms with E-state index in [0.717, 1.165) is 0 Å². The Hall–Kier alpha value is -0.570. The fraction of sp³-hybridized carbons (Fsp3) is 0.714. The van der Waals surface area contributed by atoms with Gasteiger partial charge in [0.15, 0.2) is 0 Å². The van der Waals surface area contributed by atoms with Gasteiger partial charge in [0.25, 0.3) is 0 Å². The highest BCUT2D eigenvalue weighted by Gasteiger charge is 2.27. The second-order valence-corrected chi connectivity index (χ2v) is 4.70. The molecule has 0 aromatic carbocycles. The minimum Gasteiger partial charge on any atom is -0.313 e. The number of nitrogens with one attached hydrogen (secondary N) is 1. The third kappa shape index (κ3) is 1.97. The Bertz CT molecular complexity index is 291. The zero-order chi connectivity index (χ0) is 9.19. The summed E-state index contributed by atoms with van der Waals surface area (Å²) >= 11 is 0. The lowest BCUT2D eigenvalue weighted by atomic mass is 10.2. The summed E-state index contributed by atoms with van der Waals surface area (Å²) in [5.74, 6) is 2.44. The van der Waals surface area contributed by atoms with E-state index in [2.05, 4.69) is 11.2 Å². The summed E-state index contributed by atoms with van der Waals surface area (Å²) < 4.78 is 23.7. The van der Waals surface area contributed by atoms with Gasteiger partial charge in [-0.2, -0.15) is 4.31 Å². The average molecular weight is 188 g/mol. The van der Waals surface area contributed by atoms with E-state index in [-0.39, 0.29) is 6.04 Å². The van der Waals surface area contributed by atoms with Gasteiger partial charge in [0.2, 0.25) is 10.0 Å². The number of hydrogen-bond acceptors (Lipinski definition) is 3. The molecule has 68 valence electrons. The highest BCUT2D eigenvalue weighted by molar-refractivity contribution is 7.88. The van der Waals surface area contributed by atoms with Gasteiger partial charge in [0, 0.05) is 19.6 Å². The highest BCUT2D eigenvalue weighted by Crippen LogP contribution is 2.06. The van der Waals surface area contributed by atoms with E-state index in [1.165, 1.54) is 10.6 Å². The molecule has 12 heavy (non-hydrogen) atoms. The second-order valence-electron chi connectivity index (χ2n) is 2.76. The molecule has 1 N–H and O–H groups in total. The monoisotopic (exact) mass is 188 g/mol. The minimum atomic E-state index is -3.14. The molecule has 0 bridgehead atoms. The quantitative estimate of drug-likeness (QED) is 0.529. The summed E-state index contributed by atoms with van der Waals surface area (Å²) in [6, 6.07) is -0.325. The summed E-state index contributed by atoms with van der Waals surface area (Å²) in [7, 11) is -3.14. The molecule has 1 fully saturated rings. The average Bonchev–Trinajstić information content (AvgIpc) is 2.03. The maximum Gasteiger partial charge on any atom is 0.212 e. The van der Waals surface area contributed by atoms with Crippen molar-refractivity contribution in [2.75, 3.05) is 25.9 Å². The second kappa shape index (κ2) is 3.44. The van der Waals surface area contributed by atoms with Gasteiger partial charge < -0.3 is 5.32 Å². The first-order valence-electron chi connectivity index (χ1n) is 3.69. The molecule has 1 saturated heterocycles. The van der Waals surface area contributed by atoms with Crippen molar-refractivity contribution in [1.82, 2.24) is 9.62 Å². The molecule has 0 aromatic heterocycles. The van der Waals surface area contributed by atoms with Crippen molar-refractivity contribution in [3.05, 3.63) is 0 Å². The van der Waals surface area contributed by atoms with Crippen molar-refractivity contribution in [2.45, 2.75) is 6.04 Å². The molecule has 0 spiro atoms. The molecular weight excluding hydrogens is 176 g/mol. The molecule has 1 aliphatic heterocycles. The van der Waals surface area contributed by atoms with Crippen molar-refractivity contribution < 1.29 is 8.42 Å². The molecule has 4 nitrogen and oxygen atoms in total. The Labute approximate surface area is 73.0 Å². The maximum atomic E-state index is 11.2. The van der Waals surface area contributed by atoms with Crippen LogP contribution in [0.5, 0.6) is 0 Å². The number of rotatable bonds is 1. The predicted octanol–water partition coefficient (Wildman–Crippen LogP) is -1.15. The molecule has 1 heterocycles. The van der Waals surface area contributed by atoms with E-state index in [0.29, 0.717) is 19.6 Å². The van der Waals surface area contributed by atoms with Crippen LogP contribution in [0, 0.1) is 12.3 Å². The van der Waals surface area contributed by atoms with E-state index in [9.17, 15) is 8.42 Å². The fourth-order valence-electron chi connectivity index (χ4n) is 1.22. The smallest absolute Gasteiger partial charge is 0.212 e. The molecule has 0 aliphatic carbocycles. The number of piperazine rings is 1. The van der Waals surface area contributed by atoms with Crippen LogP contribution in [0.4, 0.5) is 0 Å². The van der Waals surface area contributed by atoms with Crippen LogP contribution < -0.4 is 5.32 Å². The number of hydrogen-bond donors (Lipinski definition) is 1. The first-order chi connectivity index (χ1) is 5.55. The van der Waals surface area contributed by atoms with Crippen LogP contribution in [0.25, 0.3) is 0 Å². The molecule has 5 heteroatoms. The Balaban J connectivity index is 2.81. The predicted molar refractivity (Wildman–Crippen MR) is 47.0 cm³/mol. The van der Waals surface area contributed by atoms with Gasteiger partial charge in [0.05, 0.1) is 12.3 Å². The summed E-state index contributed by atoms with van der Waals surface area (Å²) in [6.45, 7) is 1.68. The summed E-state index contributed by atoms with van der Waals surface area (Å²) in [4.78, 5) is 0. The van der Waals surface area contributed by atoms with E-state index in [1.807, 2.05) is 0 Å². The third-order valence-electron chi connectivity index (χ3n) is 1.81. The zero-order valence-electron chi connectivity index (χ0n) is 6.95. The lowest BCUT2D eigenvalue weighted by Gasteiger charge is -2.30. The molecule has 0 unspecified atom stereocenters. The first-order valence-corrected chi connectivity index (χ1v) is 5.54.